The van der Waals surface area contributed by atoms with Crippen LogP contribution in [0, 0.1) is 5.41 Å². The molecule has 2 rings (SSSR count). The Hall–Kier alpha value is -0.120. The van der Waals surface area contributed by atoms with Crippen molar-refractivity contribution in [3.8, 4) is 0 Å². The predicted molar refractivity (Wildman–Crippen MR) is 66.7 cm³/mol. The molecule has 1 N–H and O–H groups in total. The van der Waals surface area contributed by atoms with Crippen LogP contribution in [0.25, 0.3) is 0 Å². The molecule has 17 heavy (non-hydrogen) atoms. The highest BCUT2D eigenvalue weighted by molar-refractivity contribution is 4.91. The second-order valence-corrected chi connectivity index (χ2v) is 6.11. The lowest BCUT2D eigenvalue weighted by Gasteiger charge is -2.46. The van der Waals surface area contributed by atoms with Gasteiger partial charge in [-0.3, -0.25) is 0 Å². The van der Waals surface area contributed by atoms with Crippen LogP contribution in [0.5, 0.6) is 0 Å². The molecule has 2 aliphatic rings. The van der Waals surface area contributed by atoms with Gasteiger partial charge in [0.05, 0.1) is 18.8 Å². The van der Waals surface area contributed by atoms with Gasteiger partial charge >= 0.3 is 0 Å². The number of aliphatic hydroxyl groups excluding tert-OH is 1. The van der Waals surface area contributed by atoms with Crippen LogP contribution in [-0.2, 0) is 9.47 Å². The van der Waals surface area contributed by atoms with Crippen molar-refractivity contribution in [3.05, 3.63) is 0 Å². The fourth-order valence-corrected chi connectivity index (χ4v) is 3.14. The summed E-state index contributed by atoms with van der Waals surface area (Å²) in [5.41, 5.74) is -0.186. The maximum Gasteiger partial charge on any atom is 0.168 e. The van der Waals surface area contributed by atoms with Gasteiger partial charge in [-0.2, -0.15) is 0 Å². The minimum Gasteiger partial charge on any atom is -0.392 e. The normalized spacial score (nSPS) is 30.7. The summed E-state index contributed by atoms with van der Waals surface area (Å²) in [5, 5.41) is 10.1. The van der Waals surface area contributed by atoms with Crippen LogP contribution in [0.2, 0.25) is 0 Å². The van der Waals surface area contributed by atoms with Gasteiger partial charge in [-0.05, 0) is 25.7 Å². The summed E-state index contributed by atoms with van der Waals surface area (Å²) >= 11 is 0. The summed E-state index contributed by atoms with van der Waals surface area (Å²) in [5.74, 6) is -0.326. The third-order valence-corrected chi connectivity index (χ3v) is 4.54. The van der Waals surface area contributed by atoms with Crippen LogP contribution < -0.4 is 0 Å². The van der Waals surface area contributed by atoms with E-state index in [1.165, 1.54) is 12.8 Å². The molecule has 3 heteroatoms. The van der Waals surface area contributed by atoms with Gasteiger partial charge < -0.3 is 14.6 Å². The van der Waals surface area contributed by atoms with Gasteiger partial charge in [-0.1, -0.05) is 20.8 Å². The smallest absolute Gasteiger partial charge is 0.168 e. The first kappa shape index (κ1) is 13.3. The predicted octanol–water partition coefficient (Wildman–Crippen LogP) is 2.86. The fourth-order valence-electron chi connectivity index (χ4n) is 3.14. The van der Waals surface area contributed by atoms with Gasteiger partial charge in [-0.15, -0.1) is 0 Å². The molecule has 0 aromatic heterocycles. The van der Waals surface area contributed by atoms with E-state index < -0.39 is 0 Å². The largest absolute Gasteiger partial charge is 0.392 e. The average molecular weight is 242 g/mol. The van der Waals surface area contributed by atoms with Crippen molar-refractivity contribution in [2.24, 2.45) is 5.41 Å². The van der Waals surface area contributed by atoms with Crippen LogP contribution in [0.4, 0.5) is 0 Å². The summed E-state index contributed by atoms with van der Waals surface area (Å²) in [4.78, 5) is 0. The van der Waals surface area contributed by atoms with Crippen molar-refractivity contribution in [3.63, 3.8) is 0 Å². The Morgan fingerprint density at radius 1 is 1.35 bits per heavy atom. The number of hydrogen-bond acceptors (Lipinski definition) is 3. The molecule has 0 bridgehead atoms. The molecule has 0 aromatic rings. The molecule has 1 aliphatic carbocycles. The second kappa shape index (κ2) is 4.87. The number of aliphatic hydroxyl groups is 1. The Labute approximate surface area is 104 Å². The van der Waals surface area contributed by atoms with E-state index in [0.29, 0.717) is 0 Å². The van der Waals surface area contributed by atoms with Gasteiger partial charge in [0.15, 0.2) is 5.79 Å². The van der Waals surface area contributed by atoms with Gasteiger partial charge in [0, 0.05) is 18.3 Å². The van der Waals surface area contributed by atoms with E-state index in [1.807, 2.05) is 6.92 Å². The number of rotatable bonds is 3. The third kappa shape index (κ3) is 2.51. The Morgan fingerprint density at radius 2 is 2.00 bits per heavy atom. The molecule has 0 amide bonds. The molecular formula is C14H26O3. The van der Waals surface area contributed by atoms with Gasteiger partial charge in [0.25, 0.3) is 0 Å². The first-order valence-electron chi connectivity index (χ1n) is 7.00. The lowest BCUT2D eigenvalue weighted by molar-refractivity contribution is -0.312. The fraction of sp³-hybridized carbons (Fsp3) is 1.00. The van der Waals surface area contributed by atoms with Gasteiger partial charge in [-0.25, -0.2) is 0 Å². The quantitative estimate of drug-likeness (QED) is 0.827. The third-order valence-electron chi connectivity index (χ3n) is 4.54. The standard InChI is InChI=1S/C14H26O3/c1-4-11(15)13(2,3)12-7-10-16-14(17-12)8-5-6-9-14/h11-12,15H,4-10H2,1-3H3/t11?,12-/m0/s1. The van der Waals surface area contributed by atoms with Gasteiger partial charge in [0.1, 0.15) is 0 Å². The van der Waals surface area contributed by atoms with E-state index in [-0.39, 0.29) is 23.4 Å². The van der Waals surface area contributed by atoms with Gasteiger partial charge in [0.2, 0.25) is 0 Å². The number of hydrogen-bond donors (Lipinski definition) is 1. The highest BCUT2D eigenvalue weighted by Gasteiger charge is 2.47. The van der Waals surface area contributed by atoms with Crippen molar-refractivity contribution in [1.82, 2.24) is 0 Å². The molecule has 2 fully saturated rings. The van der Waals surface area contributed by atoms with E-state index in [9.17, 15) is 5.11 Å². The molecule has 3 nitrogen and oxygen atoms in total. The molecule has 0 radical (unpaired) electrons. The molecule has 0 aromatic carbocycles. The van der Waals surface area contributed by atoms with Crippen molar-refractivity contribution >= 4 is 0 Å². The SMILES string of the molecule is CCC(O)C(C)(C)[C@@H]1CCOC2(CCCC2)O1. The van der Waals surface area contributed by atoms with E-state index in [1.54, 1.807) is 0 Å². The lowest BCUT2D eigenvalue weighted by atomic mass is 9.77. The van der Waals surface area contributed by atoms with Crippen LogP contribution >= 0.6 is 0 Å². The Bertz CT molecular complexity index is 256. The molecule has 1 unspecified atom stereocenters. The topological polar surface area (TPSA) is 38.7 Å². The molecule has 100 valence electrons. The van der Waals surface area contributed by atoms with E-state index in [0.717, 1.165) is 32.3 Å². The van der Waals surface area contributed by atoms with Crippen molar-refractivity contribution < 1.29 is 14.6 Å². The molecule has 2 atom stereocenters. The maximum atomic E-state index is 10.1. The Balaban J connectivity index is 2.06. The van der Waals surface area contributed by atoms with Crippen LogP contribution in [-0.4, -0.2) is 29.7 Å². The first-order chi connectivity index (χ1) is 8.00. The minimum absolute atomic E-state index is 0.115. The zero-order chi connectivity index (χ0) is 12.5. The van der Waals surface area contributed by atoms with E-state index >= 15 is 0 Å². The van der Waals surface area contributed by atoms with Crippen LogP contribution in [0.3, 0.4) is 0 Å². The zero-order valence-electron chi connectivity index (χ0n) is 11.4. The van der Waals surface area contributed by atoms with E-state index in [2.05, 4.69) is 13.8 Å². The number of ether oxygens (including phenoxy) is 2. The summed E-state index contributed by atoms with van der Waals surface area (Å²) in [6, 6.07) is 0. The van der Waals surface area contributed by atoms with Crippen molar-refractivity contribution in [2.75, 3.05) is 6.61 Å². The molecule has 1 heterocycles. The van der Waals surface area contributed by atoms with Crippen LogP contribution in [0.1, 0.15) is 59.3 Å². The molecule has 1 saturated heterocycles. The van der Waals surface area contributed by atoms with E-state index in [4.69, 9.17) is 9.47 Å². The summed E-state index contributed by atoms with van der Waals surface area (Å²) in [7, 11) is 0. The highest BCUT2D eigenvalue weighted by Crippen LogP contribution is 2.43. The molecular weight excluding hydrogens is 216 g/mol. The monoisotopic (exact) mass is 242 g/mol. The zero-order valence-corrected chi connectivity index (χ0v) is 11.4. The average Bonchev–Trinajstić information content (AvgIpc) is 2.76. The summed E-state index contributed by atoms with van der Waals surface area (Å²) < 4.78 is 12.1. The van der Waals surface area contributed by atoms with Crippen LogP contribution in [0.15, 0.2) is 0 Å². The highest BCUT2D eigenvalue weighted by atomic mass is 16.7. The summed E-state index contributed by atoms with van der Waals surface area (Å²) in [6.45, 7) is 7.02. The molecule has 1 saturated carbocycles. The molecule has 1 aliphatic heterocycles. The van der Waals surface area contributed by atoms with Crippen molar-refractivity contribution in [1.29, 1.82) is 0 Å². The maximum absolute atomic E-state index is 10.1. The summed E-state index contributed by atoms with van der Waals surface area (Å²) in [6.07, 6.45) is 5.91. The first-order valence-corrected chi connectivity index (χ1v) is 7.00. The Kier molecular flexibility index (Phi) is 3.81. The van der Waals surface area contributed by atoms with Crippen molar-refractivity contribution in [2.45, 2.75) is 77.3 Å². The molecule has 1 spiro atoms. The lowest BCUT2D eigenvalue weighted by Crippen LogP contribution is -2.51. The minimum atomic E-state index is -0.326. The Morgan fingerprint density at radius 3 is 2.59 bits per heavy atom. The second-order valence-electron chi connectivity index (χ2n) is 6.11.